The molecule has 0 spiro atoms. The summed E-state index contributed by atoms with van der Waals surface area (Å²) in [6.45, 7) is 7.73. The number of methoxy groups -OCH3 is 1. The number of rotatable bonds is 6. The average Bonchev–Trinajstić information content (AvgIpc) is 3.33. The number of imidazole rings is 1. The Morgan fingerprint density at radius 1 is 0.952 bits per heavy atom. The van der Waals surface area contributed by atoms with Crippen molar-refractivity contribution in [2.24, 2.45) is 0 Å². The van der Waals surface area contributed by atoms with Gasteiger partial charge in [-0.15, -0.1) is 0 Å². The van der Waals surface area contributed by atoms with E-state index in [1.807, 2.05) is 51.2 Å². The van der Waals surface area contributed by atoms with E-state index in [9.17, 15) is 4.79 Å². The molecule has 1 aliphatic carbocycles. The standard InChI is InChI=1S/C35H36N4O3/c1-23-18-29(26-19-28(41-5)21-36-20-26)32-37-30(31(39(32)22-23)25-10-7-6-8-11-25)24-12-14-27(15-13-24)35(16-9-17-35)38-33(40)42-34(2,3)4/h6-8,10-15,18-22H,9,16-17H2,1-5H3,(H,38,40). The second kappa shape index (κ2) is 10.6. The molecule has 1 N–H and O–H groups in total. The number of benzene rings is 2. The van der Waals surface area contributed by atoms with Crippen molar-refractivity contribution in [2.75, 3.05) is 7.11 Å². The van der Waals surface area contributed by atoms with Gasteiger partial charge < -0.3 is 14.8 Å². The quantitative estimate of drug-likeness (QED) is 0.228. The molecular weight excluding hydrogens is 524 g/mol. The summed E-state index contributed by atoms with van der Waals surface area (Å²) in [7, 11) is 1.65. The van der Waals surface area contributed by atoms with E-state index in [-0.39, 0.29) is 6.09 Å². The van der Waals surface area contributed by atoms with Crippen LogP contribution in [0.5, 0.6) is 5.75 Å². The maximum absolute atomic E-state index is 12.7. The molecule has 1 fully saturated rings. The van der Waals surface area contributed by atoms with Gasteiger partial charge in [-0.2, -0.15) is 0 Å². The molecule has 3 aromatic heterocycles. The van der Waals surface area contributed by atoms with Crippen molar-refractivity contribution in [1.29, 1.82) is 0 Å². The summed E-state index contributed by atoms with van der Waals surface area (Å²) in [5.74, 6) is 0.697. The lowest BCUT2D eigenvalue weighted by atomic mass is 9.71. The number of carbonyl (C=O) groups excluding carboxylic acids is 1. The predicted octanol–water partition coefficient (Wildman–Crippen LogP) is 7.95. The number of amides is 1. The van der Waals surface area contributed by atoms with Crippen LogP contribution in [0.25, 0.3) is 39.3 Å². The third-order valence-corrected chi connectivity index (χ3v) is 7.82. The van der Waals surface area contributed by atoms with E-state index in [1.54, 1.807) is 13.3 Å². The van der Waals surface area contributed by atoms with Gasteiger partial charge >= 0.3 is 6.09 Å². The lowest BCUT2D eigenvalue weighted by molar-refractivity contribution is 0.0377. The highest BCUT2D eigenvalue weighted by atomic mass is 16.6. The number of carbonyl (C=O) groups is 1. The maximum atomic E-state index is 12.7. The van der Waals surface area contributed by atoms with Gasteiger partial charge in [-0.1, -0.05) is 54.6 Å². The summed E-state index contributed by atoms with van der Waals surface area (Å²) in [6, 6.07) is 22.9. The van der Waals surface area contributed by atoms with E-state index in [0.717, 1.165) is 69.7 Å². The van der Waals surface area contributed by atoms with Gasteiger partial charge in [0.25, 0.3) is 0 Å². The lowest BCUT2D eigenvalue weighted by Crippen LogP contribution is -2.52. The Labute approximate surface area is 246 Å². The molecule has 0 radical (unpaired) electrons. The molecule has 6 rings (SSSR count). The minimum absolute atomic E-state index is 0.382. The van der Waals surface area contributed by atoms with Crippen LogP contribution in [-0.4, -0.2) is 33.2 Å². The van der Waals surface area contributed by atoms with Gasteiger partial charge in [0, 0.05) is 34.6 Å². The van der Waals surface area contributed by atoms with Crippen LogP contribution in [0.15, 0.2) is 85.3 Å². The van der Waals surface area contributed by atoms with Crippen molar-refractivity contribution in [2.45, 2.75) is 58.1 Å². The maximum Gasteiger partial charge on any atom is 0.408 e. The van der Waals surface area contributed by atoms with Gasteiger partial charge in [0.05, 0.1) is 30.2 Å². The largest absolute Gasteiger partial charge is 0.495 e. The molecule has 7 nitrogen and oxygen atoms in total. The molecule has 214 valence electrons. The van der Waals surface area contributed by atoms with E-state index >= 15 is 0 Å². The number of aryl methyl sites for hydroxylation is 1. The van der Waals surface area contributed by atoms with E-state index in [1.165, 1.54) is 0 Å². The van der Waals surface area contributed by atoms with Crippen molar-refractivity contribution >= 4 is 11.7 Å². The molecule has 3 heterocycles. The van der Waals surface area contributed by atoms with Gasteiger partial charge in [-0.25, -0.2) is 9.78 Å². The molecule has 0 bridgehead atoms. The van der Waals surface area contributed by atoms with Gasteiger partial charge in [0.15, 0.2) is 0 Å². The summed E-state index contributed by atoms with van der Waals surface area (Å²) >= 11 is 0. The van der Waals surface area contributed by atoms with E-state index in [2.05, 4.69) is 70.3 Å². The highest BCUT2D eigenvalue weighted by molar-refractivity contribution is 5.88. The summed E-state index contributed by atoms with van der Waals surface area (Å²) in [5.41, 5.74) is 7.97. The van der Waals surface area contributed by atoms with E-state index in [4.69, 9.17) is 14.5 Å². The number of hydrogen-bond acceptors (Lipinski definition) is 5. The van der Waals surface area contributed by atoms with Crippen LogP contribution in [0.3, 0.4) is 0 Å². The number of fused-ring (bicyclic) bond motifs is 1. The first-order valence-corrected chi connectivity index (χ1v) is 14.4. The number of pyridine rings is 2. The Morgan fingerprint density at radius 3 is 2.33 bits per heavy atom. The van der Waals surface area contributed by atoms with Gasteiger partial charge in [-0.3, -0.25) is 9.38 Å². The number of nitrogens with zero attached hydrogens (tertiary/aromatic N) is 3. The minimum atomic E-state index is -0.548. The Hall–Kier alpha value is -4.65. The van der Waals surface area contributed by atoms with Crippen molar-refractivity contribution in [1.82, 2.24) is 19.7 Å². The monoisotopic (exact) mass is 560 g/mol. The molecule has 0 unspecified atom stereocenters. The van der Waals surface area contributed by atoms with Crippen molar-refractivity contribution in [3.05, 3.63) is 96.4 Å². The second-order valence-corrected chi connectivity index (χ2v) is 12.1. The van der Waals surface area contributed by atoms with Crippen molar-refractivity contribution < 1.29 is 14.3 Å². The second-order valence-electron chi connectivity index (χ2n) is 12.1. The van der Waals surface area contributed by atoms with Crippen LogP contribution in [-0.2, 0) is 10.3 Å². The first-order valence-electron chi connectivity index (χ1n) is 14.4. The van der Waals surface area contributed by atoms with Gasteiger partial charge in [0.2, 0.25) is 0 Å². The van der Waals surface area contributed by atoms with Crippen molar-refractivity contribution in [3.63, 3.8) is 0 Å². The average molecular weight is 561 g/mol. The number of alkyl carbamates (subject to hydrolysis) is 1. The first kappa shape index (κ1) is 27.5. The lowest BCUT2D eigenvalue weighted by Gasteiger charge is -2.43. The number of aromatic nitrogens is 3. The zero-order valence-corrected chi connectivity index (χ0v) is 24.8. The normalized spacial score (nSPS) is 14.3. The summed E-state index contributed by atoms with van der Waals surface area (Å²) in [5, 5.41) is 3.16. The molecule has 0 atom stereocenters. The van der Waals surface area contributed by atoms with Crippen LogP contribution < -0.4 is 10.1 Å². The topological polar surface area (TPSA) is 77.8 Å². The molecule has 2 aromatic carbocycles. The highest BCUT2D eigenvalue weighted by Crippen LogP contribution is 2.43. The molecular formula is C35H36N4O3. The van der Waals surface area contributed by atoms with E-state index < -0.39 is 11.1 Å². The SMILES string of the molecule is COc1cncc(-c2cc(C)cn3c(-c4ccccc4)c(-c4ccc(C5(NC(=O)OC(C)(C)C)CCC5)cc4)nc23)c1. The van der Waals surface area contributed by atoms with Crippen LogP contribution >= 0.6 is 0 Å². The zero-order chi connectivity index (χ0) is 29.5. The molecule has 0 saturated heterocycles. The Balaban J connectivity index is 1.46. The van der Waals surface area contributed by atoms with Crippen molar-refractivity contribution in [3.8, 4) is 39.4 Å². The first-order chi connectivity index (χ1) is 20.2. The summed E-state index contributed by atoms with van der Waals surface area (Å²) in [4.78, 5) is 22.3. The molecule has 1 aliphatic rings. The zero-order valence-electron chi connectivity index (χ0n) is 24.8. The summed E-state index contributed by atoms with van der Waals surface area (Å²) < 4.78 is 13.2. The fourth-order valence-electron chi connectivity index (χ4n) is 5.71. The fourth-order valence-corrected chi connectivity index (χ4v) is 5.71. The van der Waals surface area contributed by atoms with Gasteiger partial charge in [-0.05, 0) is 70.2 Å². The third kappa shape index (κ3) is 5.22. The Bertz CT molecular complexity index is 1750. The molecule has 0 aliphatic heterocycles. The predicted molar refractivity (Wildman–Crippen MR) is 165 cm³/mol. The molecule has 5 aromatic rings. The van der Waals surface area contributed by atoms with Crippen LogP contribution in [0.1, 0.15) is 51.2 Å². The number of hydrogen-bond donors (Lipinski definition) is 1. The van der Waals surface area contributed by atoms with Crippen LogP contribution in [0.2, 0.25) is 0 Å². The molecule has 7 heteroatoms. The van der Waals surface area contributed by atoms with Crippen LogP contribution in [0.4, 0.5) is 4.79 Å². The molecule has 1 amide bonds. The number of ether oxygens (including phenoxy) is 2. The Kier molecular flexibility index (Phi) is 6.97. The minimum Gasteiger partial charge on any atom is -0.495 e. The fraction of sp³-hybridized carbons (Fsp3) is 0.286. The number of nitrogens with one attached hydrogen (secondary N) is 1. The smallest absolute Gasteiger partial charge is 0.408 e. The molecule has 1 saturated carbocycles. The van der Waals surface area contributed by atoms with Crippen LogP contribution in [0, 0.1) is 6.92 Å². The van der Waals surface area contributed by atoms with Gasteiger partial charge in [0.1, 0.15) is 17.0 Å². The highest BCUT2D eigenvalue weighted by Gasteiger charge is 2.41. The molecule has 42 heavy (non-hydrogen) atoms. The Morgan fingerprint density at radius 2 is 1.69 bits per heavy atom. The third-order valence-electron chi connectivity index (χ3n) is 7.82. The van der Waals surface area contributed by atoms with E-state index in [0.29, 0.717) is 5.75 Å². The summed E-state index contributed by atoms with van der Waals surface area (Å²) in [6.07, 6.45) is 8.12.